The molecule has 92 valence electrons. The molecule has 0 spiro atoms. The summed E-state index contributed by atoms with van der Waals surface area (Å²) in [6.45, 7) is 2.52. The average Bonchev–Trinajstić information content (AvgIpc) is 2.92. The molecule has 1 aliphatic heterocycles. The lowest BCUT2D eigenvalue weighted by molar-refractivity contribution is -0.422. The molecular weight excluding hydrogens is 230 g/mol. The summed E-state index contributed by atoms with van der Waals surface area (Å²) in [5.74, 6) is 0. The van der Waals surface area contributed by atoms with Crippen LogP contribution in [0.15, 0.2) is 24.2 Å². The van der Waals surface area contributed by atoms with E-state index in [0.717, 1.165) is 35.9 Å². The van der Waals surface area contributed by atoms with E-state index >= 15 is 0 Å². The van der Waals surface area contributed by atoms with Crippen molar-refractivity contribution in [3.63, 3.8) is 0 Å². The van der Waals surface area contributed by atoms with E-state index in [1.54, 1.807) is 18.5 Å². The molecule has 0 aliphatic carbocycles. The summed E-state index contributed by atoms with van der Waals surface area (Å²) >= 11 is 0. The SMILES string of the molecule is CC(=Cc1c2n(c3ccncc13)CCC2)[N+](=O)[O-]. The summed E-state index contributed by atoms with van der Waals surface area (Å²) in [7, 11) is 0. The molecule has 0 saturated carbocycles. The highest BCUT2D eigenvalue weighted by Crippen LogP contribution is 2.32. The highest BCUT2D eigenvalue weighted by atomic mass is 16.6. The van der Waals surface area contributed by atoms with Crippen molar-refractivity contribution in [1.82, 2.24) is 9.55 Å². The number of allylic oxidation sites excluding steroid dienone is 1. The minimum absolute atomic E-state index is 0.168. The molecule has 0 atom stereocenters. The van der Waals surface area contributed by atoms with E-state index in [1.807, 2.05) is 6.07 Å². The van der Waals surface area contributed by atoms with E-state index in [-0.39, 0.29) is 10.6 Å². The molecule has 0 radical (unpaired) electrons. The summed E-state index contributed by atoms with van der Waals surface area (Å²) in [4.78, 5) is 14.6. The smallest absolute Gasteiger partial charge is 0.243 e. The Morgan fingerprint density at radius 3 is 3.22 bits per heavy atom. The molecule has 0 unspecified atom stereocenters. The monoisotopic (exact) mass is 243 g/mol. The highest BCUT2D eigenvalue weighted by Gasteiger charge is 2.21. The molecule has 3 rings (SSSR count). The van der Waals surface area contributed by atoms with Gasteiger partial charge in [0.25, 0.3) is 0 Å². The third-order valence-electron chi connectivity index (χ3n) is 3.45. The largest absolute Gasteiger partial charge is 0.344 e. The Hall–Kier alpha value is -2.17. The molecule has 2 aromatic rings. The zero-order valence-corrected chi connectivity index (χ0v) is 10.1. The maximum atomic E-state index is 10.8. The van der Waals surface area contributed by atoms with E-state index < -0.39 is 0 Å². The second-order valence-electron chi connectivity index (χ2n) is 4.55. The minimum atomic E-state index is -0.346. The highest BCUT2D eigenvalue weighted by molar-refractivity contribution is 5.91. The van der Waals surface area contributed by atoms with Crippen LogP contribution in [0.25, 0.3) is 17.0 Å². The van der Waals surface area contributed by atoms with Crippen molar-refractivity contribution in [2.45, 2.75) is 26.3 Å². The number of hydrogen-bond donors (Lipinski definition) is 0. The van der Waals surface area contributed by atoms with Gasteiger partial charge in [-0.25, -0.2) is 0 Å². The molecule has 5 nitrogen and oxygen atoms in total. The van der Waals surface area contributed by atoms with Crippen molar-refractivity contribution < 1.29 is 4.92 Å². The Labute approximate surface area is 104 Å². The molecule has 1 aliphatic rings. The first-order chi connectivity index (χ1) is 8.68. The molecular formula is C13H13N3O2. The van der Waals surface area contributed by atoms with Crippen LogP contribution in [0.3, 0.4) is 0 Å². The van der Waals surface area contributed by atoms with Crippen molar-refractivity contribution in [3.05, 3.63) is 45.5 Å². The Balaban J connectivity index is 2.29. The van der Waals surface area contributed by atoms with Gasteiger partial charge < -0.3 is 4.57 Å². The first kappa shape index (κ1) is 11.0. The molecule has 0 saturated heterocycles. The van der Waals surface area contributed by atoms with Gasteiger partial charge in [0.05, 0.1) is 10.4 Å². The van der Waals surface area contributed by atoms with Crippen LogP contribution in [0.1, 0.15) is 24.6 Å². The number of nitro groups is 1. The minimum Gasteiger partial charge on any atom is -0.344 e. The number of pyridine rings is 1. The van der Waals surface area contributed by atoms with Crippen LogP contribution in [0, 0.1) is 10.1 Å². The van der Waals surface area contributed by atoms with E-state index in [9.17, 15) is 10.1 Å². The van der Waals surface area contributed by atoms with Crippen LogP contribution in [0.2, 0.25) is 0 Å². The molecule has 5 heteroatoms. The Kier molecular flexibility index (Phi) is 2.40. The van der Waals surface area contributed by atoms with Crippen molar-refractivity contribution in [2.24, 2.45) is 0 Å². The summed E-state index contributed by atoms with van der Waals surface area (Å²) < 4.78 is 2.25. The maximum Gasteiger partial charge on any atom is 0.243 e. The Morgan fingerprint density at radius 2 is 2.44 bits per heavy atom. The summed E-state index contributed by atoms with van der Waals surface area (Å²) in [6, 6.07) is 1.98. The van der Waals surface area contributed by atoms with Gasteiger partial charge >= 0.3 is 0 Å². The maximum absolute atomic E-state index is 10.8. The fourth-order valence-electron chi connectivity index (χ4n) is 2.63. The Bertz CT molecular complexity index is 670. The van der Waals surface area contributed by atoms with Crippen LogP contribution in [0.5, 0.6) is 0 Å². The molecule has 0 amide bonds. The first-order valence-corrected chi connectivity index (χ1v) is 5.96. The lowest BCUT2D eigenvalue weighted by atomic mass is 10.1. The molecule has 0 fully saturated rings. The van der Waals surface area contributed by atoms with Gasteiger partial charge in [-0.15, -0.1) is 0 Å². The van der Waals surface area contributed by atoms with Crippen LogP contribution in [-0.4, -0.2) is 14.5 Å². The van der Waals surface area contributed by atoms with Gasteiger partial charge in [-0.05, 0) is 18.9 Å². The zero-order valence-electron chi connectivity index (χ0n) is 10.1. The molecule has 0 N–H and O–H groups in total. The second-order valence-corrected chi connectivity index (χ2v) is 4.55. The van der Waals surface area contributed by atoms with Gasteiger partial charge in [-0.3, -0.25) is 15.1 Å². The van der Waals surface area contributed by atoms with Gasteiger partial charge in [0.1, 0.15) is 0 Å². The number of aryl methyl sites for hydroxylation is 1. The van der Waals surface area contributed by atoms with Gasteiger partial charge in [0.2, 0.25) is 5.70 Å². The summed E-state index contributed by atoms with van der Waals surface area (Å²) in [6.07, 6.45) is 7.31. The van der Waals surface area contributed by atoms with Crippen molar-refractivity contribution in [2.75, 3.05) is 0 Å². The summed E-state index contributed by atoms with van der Waals surface area (Å²) in [5.41, 5.74) is 3.45. The van der Waals surface area contributed by atoms with Crippen molar-refractivity contribution in [3.8, 4) is 0 Å². The zero-order chi connectivity index (χ0) is 12.7. The quantitative estimate of drug-likeness (QED) is 0.601. The predicted octanol–water partition coefficient (Wildman–Crippen LogP) is 2.62. The van der Waals surface area contributed by atoms with E-state index in [0.29, 0.717) is 0 Å². The average molecular weight is 243 g/mol. The fraction of sp³-hybridized carbons (Fsp3) is 0.308. The van der Waals surface area contributed by atoms with Crippen LogP contribution in [0.4, 0.5) is 0 Å². The molecule has 0 bridgehead atoms. The van der Waals surface area contributed by atoms with E-state index in [1.165, 1.54) is 12.6 Å². The third-order valence-corrected chi connectivity index (χ3v) is 3.45. The van der Waals surface area contributed by atoms with Crippen molar-refractivity contribution in [1.29, 1.82) is 0 Å². The number of hydrogen-bond acceptors (Lipinski definition) is 3. The molecule has 0 aromatic carbocycles. The fourth-order valence-corrected chi connectivity index (χ4v) is 2.63. The van der Waals surface area contributed by atoms with Crippen molar-refractivity contribution >= 4 is 17.0 Å². The van der Waals surface area contributed by atoms with Gasteiger partial charge in [-0.2, -0.15) is 0 Å². The Morgan fingerprint density at radius 1 is 1.61 bits per heavy atom. The normalized spacial score (nSPS) is 15.1. The van der Waals surface area contributed by atoms with Gasteiger partial charge in [0.15, 0.2) is 0 Å². The van der Waals surface area contributed by atoms with Crippen LogP contribution >= 0.6 is 0 Å². The van der Waals surface area contributed by atoms with Gasteiger partial charge in [0, 0.05) is 48.6 Å². The molecule has 2 aromatic heterocycles. The van der Waals surface area contributed by atoms with E-state index in [2.05, 4.69) is 9.55 Å². The van der Waals surface area contributed by atoms with E-state index in [4.69, 9.17) is 0 Å². The van der Waals surface area contributed by atoms with Crippen LogP contribution < -0.4 is 0 Å². The lowest BCUT2D eigenvalue weighted by Crippen LogP contribution is -1.94. The summed E-state index contributed by atoms with van der Waals surface area (Å²) in [5, 5.41) is 11.8. The van der Waals surface area contributed by atoms with Gasteiger partial charge in [-0.1, -0.05) is 0 Å². The first-order valence-electron chi connectivity index (χ1n) is 5.96. The number of rotatable bonds is 2. The topological polar surface area (TPSA) is 61.0 Å². The third kappa shape index (κ3) is 1.51. The number of aromatic nitrogens is 2. The lowest BCUT2D eigenvalue weighted by Gasteiger charge is -1.97. The molecule has 3 heterocycles. The number of nitrogens with zero attached hydrogens (tertiary/aromatic N) is 3. The number of fused-ring (bicyclic) bond motifs is 3. The second kappa shape index (κ2) is 3.94. The molecule has 18 heavy (non-hydrogen) atoms. The predicted molar refractivity (Wildman–Crippen MR) is 68.7 cm³/mol. The van der Waals surface area contributed by atoms with Crippen LogP contribution in [-0.2, 0) is 13.0 Å². The standard InChI is InChI=1S/C13H13N3O2/c1-9(16(17)18)7-10-11-8-14-5-4-13(11)15-6-2-3-12(10)15/h4-5,7-8H,2-3,6H2,1H3.